The molecule has 0 aliphatic heterocycles. The van der Waals surface area contributed by atoms with Gasteiger partial charge in [0, 0.05) is 38.0 Å². The Labute approximate surface area is 228 Å². The lowest BCUT2D eigenvalue weighted by molar-refractivity contribution is 0.100. The van der Waals surface area contributed by atoms with Crippen molar-refractivity contribution < 1.29 is 9.53 Å². The van der Waals surface area contributed by atoms with Gasteiger partial charge in [0.1, 0.15) is 11.4 Å². The van der Waals surface area contributed by atoms with Gasteiger partial charge in [-0.2, -0.15) is 5.26 Å². The molecule has 1 aromatic heterocycles. The minimum atomic E-state index is -0.450. The first-order valence-corrected chi connectivity index (χ1v) is 12.4. The number of ether oxygens (including phenoxy) is 1. The van der Waals surface area contributed by atoms with Crippen LogP contribution in [0.2, 0.25) is 0 Å². The SMILES string of the molecule is CN=C(Oc1c(C)cc(-c2ccc(C(N)=O)cc2)cc1C)c1c(N=CNC2=CC=C(C#N)C=CC2)ccn1C. The summed E-state index contributed by atoms with van der Waals surface area (Å²) >= 11 is 0. The van der Waals surface area contributed by atoms with Crippen LogP contribution in [-0.2, 0) is 7.05 Å². The highest BCUT2D eigenvalue weighted by Crippen LogP contribution is 2.32. The normalized spacial score (nSPS) is 13.5. The monoisotopic (exact) mass is 518 g/mol. The molecule has 2 aromatic carbocycles. The van der Waals surface area contributed by atoms with E-state index >= 15 is 0 Å². The highest BCUT2D eigenvalue weighted by Gasteiger charge is 2.18. The molecular formula is C31H30N6O2. The summed E-state index contributed by atoms with van der Waals surface area (Å²) in [6.45, 7) is 3.98. The molecule has 0 fully saturated rings. The van der Waals surface area contributed by atoms with Crippen LogP contribution in [0.4, 0.5) is 5.69 Å². The van der Waals surface area contributed by atoms with Gasteiger partial charge < -0.3 is 20.4 Å². The third kappa shape index (κ3) is 6.22. The first-order valence-electron chi connectivity index (χ1n) is 12.4. The third-order valence-electron chi connectivity index (χ3n) is 6.30. The molecule has 4 rings (SSSR count). The number of nitrogens with zero attached hydrogens (tertiary/aromatic N) is 4. The summed E-state index contributed by atoms with van der Waals surface area (Å²) in [5.74, 6) is 0.713. The number of amides is 1. The van der Waals surface area contributed by atoms with Crippen LogP contribution in [-0.4, -0.2) is 29.8 Å². The van der Waals surface area contributed by atoms with E-state index in [0.29, 0.717) is 29.1 Å². The van der Waals surface area contributed by atoms with Gasteiger partial charge in [0.25, 0.3) is 0 Å². The van der Waals surface area contributed by atoms with Crippen LogP contribution < -0.4 is 15.8 Å². The van der Waals surface area contributed by atoms with Gasteiger partial charge in [0.2, 0.25) is 11.8 Å². The largest absolute Gasteiger partial charge is 0.437 e. The molecule has 0 atom stereocenters. The van der Waals surface area contributed by atoms with E-state index in [-0.39, 0.29) is 0 Å². The number of aromatic nitrogens is 1. The summed E-state index contributed by atoms with van der Waals surface area (Å²) in [5.41, 5.74) is 12.7. The lowest BCUT2D eigenvalue weighted by Crippen LogP contribution is -2.16. The lowest BCUT2D eigenvalue weighted by Gasteiger charge is -2.16. The van der Waals surface area contributed by atoms with Crippen LogP contribution in [0.15, 0.2) is 94.2 Å². The number of benzene rings is 2. The van der Waals surface area contributed by atoms with Crippen LogP contribution in [0.25, 0.3) is 11.1 Å². The minimum absolute atomic E-state index is 0.442. The van der Waals surface area contributed by atoms with Crippen LogP contribution in [0, 0.1) is 25.2 Å². The zero-order chi connectivity index (χ0) is 27.9. The molecule has 8 nitrogen and oxygen atoms in total. The molecule has 1 heterocycles. The molecule has 196 valence electrons. The number of nitriles is 1. The van der Waals surface area contributed by atoms with Gasteiger partial charge in [-0.1, -0.05) is 18.2 Å². The molecule has 1 amide bonds. The molecule has 0 spiro atoms. The number of hydrogen-bond donors (Lipinski definition) is 2. The molecule has 3 N–H and O–H groups in total. The second-order valence-corrected chi connectivity index (χ2v) is 9.11. The van der Waals surface area contributed by atoms with Gasteiger partial charge in [0.05, 0.1) is 23.7 Å². The smallest absolute Gasteiger partial charge is 0.248 e. The van der Waals surface area contributed by atoms with Crippen molar-refractivity contribution in [1.82, 2.24) is 9.88 Å². The highest BCUT2D eigenvalue weighted by atomic mass is 16.5. The van der Waals surface area contributed by atoms with Crippen LogP contribution in [0.5, 0.6) is 5.75 Å². The molecule has 1 aliphatic carbocycles. The molecule has 0 unspecified atom stereocenters. The Morgan fingerprint density at radius 1 is 1.13 bits per heavy atom. The Morgan fingerprint density at radius 3 is 2.49 bits per heavy atom. The number of nitrogens with one attached hydrogen (secondary N) is 1. The van der Waals surface area contributed by atoms with Gasteiger partial charge in [-0.3, -0.25) is 9.79 Å². The topological polar surface area (TPSA) is 118 Å². The highest BCUT2D eigenvalue weighted by molar-refractivity contribution is 5.99. The van der Waals surface area contributed by atoms with Crippen molar-refractivity contribution in [3.8, 4) is 22.9 Å². The molecule has 0 saturated heterocycles. The average Bonchev–Trinajstić information content (AvgIpc) is 3.13. The van der Waals surface area contributed by atoms with Gasteiger partial charge in [-0.05, 0) is 84.7 Å². The fourth-order valence-electron chi connectivity index (χ4n) is 4.28. The standard InChI is InChI=1S/C31H30N6O2/c1-20-16-25(23-9-11-24(12-10-23)30(33)38)17-21(2)29(20)39-31(34-3)28-27(14-15-37(28)4)36-19-35-26-7-5-6-22(18-32)8-13-26/h5-6,8-17,19H,7H2,1-4H3,(H2,33,38)(H,35,36). The summed E-state index contributed by atoms with van der Waals surface area (Å²) in [5, 5.41) is 12.3. The number of primary amides is 1. The number of aliphatic imine (C=N–C) groups is 2. The van der Waals surface area contributed by atoms with Crippen molar-refractivity contribution in [3.63, 3.8) is 0 Å². The van der Waals surface area contributed by atoms with E-state index in [0.717, 1.165) is 39.4 Å². The predicted molar refractivity (Wildman–Crippen MR) is 155 cm³/mol. The minimum Gasteiger partial charge on any atom is -0.437 e. The van der Waals surface area contributed by atoms with E-state index in [1.165, 1.54) is 0 Å². The molecule has 0 saturated carbocycles. The van der Waals surface area contributed by atoms with Crippen molar-refractivity contribution in [2.75, 3.05) is 7.05 Å². The van der Waals surface area contributed by atoms with Gasteiger partial charge in [0.15, 0.2) is 0 Å². The zero-order valence-corrected chi connectivity index (χ0v) is 22.4. The van der Waals surface area contributed by atoms with E-state index in [1.807, 2.05) is 74.1 Å². The first kappa shape index (κ1) is 26.9. The van der Waals surface area contributed by atoms with E-state index in [1.54, 1.807) is 37.7 Å². The summed E-state index contributed by atoms with van der Waals surface area (Å²) in [6, 6.07) is 15.4. The Kier molecular flexibility index (Phi) is 8.22. The number of carbonyl (C=O) groups excluding carboxylic acids is 1. The Hall–Kier alpha value is -5.16. The third-order valence-corrected chi connectivity index (χ3v) is 6.30. The number of rotatable bonds is 7. The average molecular weight is 519 g/mol. The first-order chi connectivity index (χ1) is 18.8. The van der Waals surface area contributed by atoms with Crippen molar-refractivity contribution >= 4 is 23.8 Å². The van der Waals surface area contributed by atoms with Crippen molar-refractivity contribution in [2.24, 2.45) is 22.8 Å². The van der Waals surface area contributed by atoms with Crippen LogP contribution in [0.3, 0.4) is 0 Å². The van der Waals surface area contributed by atoms with E-state index in [4.69, 9.17) is 15.7 Å². The molecule has 1 aliphatic rings. The molecule has 0 radical (unpaired) electrons. The second-order valence-electron chi connectivity index (χ2n) is 9.11. The van der Waals surface area contributed by atoms with E-state index in [2.05, 4.69) is 21.4 Å². The molecule has 8 heteroatoms. The Balaban J connectivity index is 1.55. The van der Waals surface area contributed by atoms with Crippen molar-refractivity contribution in [1.29, 1.82) is 5.26 Å². The number of hydrogen-bond acceptors (Lipinski definition) is 5. The van der Waals surface area contributed by atoms with E-state index < -0.39 is 5.91 Å². The van der Waals surface area contributed by atoms with Gasteiger partial charge in [-0.25, -0.2) is 4.99 Å². The lowest BCUT2D eigenvalue weighted by atomic mass is 9.98. The van der Waals surface area contributed by atoms with Crippen molar-refractivity contribution in [2.45, 2.75) is 20.3 Å². The van der Waals surface area contributed by atoms with Crippen LogP contribution >= 0.6 is 0 Å². The molecular weight excluding hydrogens is 488 g/mol. The number of carbonyl (C=O) groups is 1. The maximum Gasteiger partial charge on any atom is 0.248 e. The maximum atomic E-state index is 11.4. The Bertz CT molecular complexity index is 1570. The fourth-order valence-corrected chi connectivity index (χ4v) is 4.28. The zero-order valence-electron chi connectivity index (χ0n) is 22.4. The quantitative estimate of drug-likeness (QED) is 0.321. The Morgan fingerprint density at radius 2 is 1.85 bits per heavy atom. The second kappa shape index (κ2) is 11.9. The number of aryl methyl sites for hydroxylation is 3. The molecule has 39 heavy (non-hydrogen) atoms. The predicted octanol–water partition coefficient (Wildman–Crippen LogP) is 5.41. The number of nitrogens with two attached hydrogens (primary N) is 1. The summed E-state index contributed by atoms with van der Waals surface area (Å²) in [7, 11) is 3.61. The van der Waals surface area contributed by atoms with Crippen LogP contribution in [0.1, 0.15) is 33.6 Å². The number of allylic oxidation sites excluding steroid dienone is 5. The van der Waals surface area contributed by atoms with Gasteiger partial charge >= 0.3 is 0 Å². The summed E-state index contributed by atoms with van der Waals surface area (Å²) in [4.78, 5) is 20.5. The summed E-state index contributed by atoms with van der Waals surface area (Å²) in [6.07, 6.45) is 11.6. The fraction of sp³-hybridized carbons (Fsp3) is 0.161. The molecule has 0 bridgehead atoms. The van der Waals surface area contributed by atoms with Crippen molar-refractivity contribution in [3.05, 3.63) is 107 Å². The molecule has 3 aromatic rings. The van der Waals surface area contributed by atoms with Gasteiger partial charge in [-0.15, -0.1) is 0 Å². The van der Waals surface area contributed by atoms with E-state index in [9.17, 15) is 4.79 Å². The maximum absolute atomic E-state index is 11.4. The summed E-state index contributed by atoms with van der Waals surface area (Å²) < 4.78 is 8.30.